The number of aromatic nitrogens is 3. The standard InChI is InChI=1S/C28H25ClN4O5/c29-22-13-23-25(32-28(30-23)38-21-11-19(12-21)26(35)33-10-9-20(34)14-33)31-24(22)17-5-1-15(2-6-17)16-3-7-18(8-4-16)27(36)37/h1-8,13,19-21,34H,9-12,14H2,(H,36,37)(H,30,31,32)/t19?,20-,21?/m0/s1. The van der Waals surface area contributed by atoms with Crippen LogP contribution in [-0.2, 0) is 4.79 Å². The van der Waals surface area contributed by atoms with Crippen LogP contribution in [0.2, 0.25) is 5.02 Å². The van der Waals surface area contributed by atoms with Crippen LogP contribution in [0.1, 0.15) is 29.6 Å². The van der Waals surface area contributed by atoms with Crippen LogP contribution in [0.5, 0.6) is 6.01 Å². The van der Waals surface area contributed by atoms with Crippen LogP contribution in [0, 0.1) is 5.92 Å². The second-order valence-electron chi connectivity index (χ2n) is 9.83. The summed E-state index contributed by atoms with van der Waals surface area (Å²) in [6, 6.07) is 16.5. The van der Waals surface area contributed by atoms with Crippen molar-refractivity contribution in [2.75, 3.05) is 13.1 Å². The molecule has 1 amide bonds. The number of aliphatic hydroxyl groups excluding tert-OH is 1. The lowest BCUT2D eigenvalue weighted by Gasteiger charge is -2.35. The number of ether oxygens (including phenoxy) is 1. The van der Waals surface area contributed by atoms with Crippen molar-refractivity contribution in [3.05, 3.63) is 65.2 Å². The molecule has 9 nitrogen and oxygen atoms in total. The Kier molecular flexibility index (Phi) is 6.25. The van der Waals surface area contributed by atoms with Crippen molar-refractivity contribution in [1.82, 2.24) is 19.9 Å². The summed E-state index contributed by atoms with van der Waals surface area (Å²) in [6.45, 7) is 1.03. The number of fused-ring (bicyclic) bond motifs is 1. The number of halogens is 1. The first-order valence-corrected chi connectivity index (χ1v) is 12.9. The van der Waals surface area contributed by atoms with Gasteiger partial charge in [0.25, 0.3) is 6.01 Å². The topological polar surface area (TPSA) is 129 Å². The number of likely N-dealkylation sites (tertiary alicyclic amines) is 1. The van der Waals surface area contributed by atoms with Crippen LogP contribution in [0.25, 0.3) is 33.5 Å². The number of hydrogen-bond donors (Lipinski definition) is 3. The van der Waals surface area contributed by atoms with E-state index in [1.165, 1.54) is 0 Å². The van der Waals surface area contributed by atoms with E-state index in [1.54, 1.807) is 35.2 Å². The number of nitrogens with one attached hydrogen (secondary N) is 1. The maximum Gasteiger partial charge on any atom is 0.335 e. The summed E-state index contributed by atoms with van der Waals surface area (Å²) in [5.41, 5.74) is 4.63. The summed E-state index contributed by atoms with van der Waals surface area (Å²) in [5, 5.41) is 19.2. The molecule has 38 heavy (non-hydrogen) atoms. The first-order chi connectivity index (χ1) is 18.3. The van der Waals surface area contributed by atoms with Crippen molar-refractivity contribution in [3.63, 3.8) is 0 Å². The monoisotopic (exact) mass is 532 g/mol. The van der Waals surface area contributed by atoms with Crippen LogP contribution in [0.4, 0.5) is 0 Å². The van der Waals surface area contributed by atoms with E-state index in [2.05, 4.69) is 15.0 Å². The maximum atomic E-state index is 12.6. The summed E-state index contributed by atoms with van der Waals surface area (Å²) in [4.78, 5) is 37.6. The third-order valence-electron chi connectivity index (χ3n) is 7.23. The number of imidazole rings is 1. The summed E-state index contributed by atoms with van der Waals surface area (Å²) >= 11 is 6.55. The van der Waals surface area contributed by atoms with Crippen molar-refractivity contribution in [2.24, 2.45) is 5.92 Å². The molecule has 3 N–H and O–H groups in total. The molecule has 2 aliphatic rings. The molecule has 2 aromatic carbocycles. The minimum atomic E-state index is -0.957. The Bertz CT molecular complexity index is 1510. The van der Waals surface area contributed by atoms with Gasteiger partial charge >= 0.3 is 5.97 Å². The second kappa shape index (κ2) is 9.74. The van der Waals surface area contributed by atoms with Gasteiger partial charge in [0.1, 0.15) is 6.10 Å². The highest BCUT2D eigenvalue weighted by atomic mass is 35.5. The number of β-amino-alcohol motifs (C(OH)–C–C–N with tert-alkyl or cyclic N) is 1. The number of hydrogen-bond acceptors (Lipinski definition) is 6. The molecule has 4 aromatic rings. The van der Waals surface area contributed by atoms with Gasteiger partial charge in [-0.15, -0.1) is 0 Å². The Balaban J connectivity index is 1.13. The van der Waals surface area contributed by atoms with Gasteiger partial charge in [-0.3, -0.25) is 4.79 Å². The molecule has 1 atom stereocenters. The third-order valence-corrected chi connectivity index (χ3v) is 7.51. The molecule has 0 bridgehead atoms. The number of carboxylic acid groups (broad SMARTS) is 1. The van der Waals surface area contributed by atoms with Gasteiger partial charge in [0.15, 0.2) is 5.65 Å². The predicted octanol–water partition coefficient (Wildman–Crippen LogP) is 4.39. The molecule has 0 spiro atoms. The molecule has 2 aromatic heterocycles. The summed E-state index contributed by atoms with van der Waals surface area (Å²) in [5.74, 6) is -0.944. The molecular formula is C28H25ClN4O5. The van der Waals surface area contributed by atoms with E-state index < -0.39 is 12.1 Å². The molecule has 1 saturated heterocycles. The lowest BCUT2D eigenvalue weighted by atomic mass is 9.81. The van der Waals surface area contributed by atoms with E-state index in [-0.39, 0.29) is 23.5 Å². The zero-order chi connectivity index (χ0) is 26.4. The highest BCUT2D eigenvalue weighted by molar-refractivity contribution is 6.33. The number of carbonyl (C=O) groups is 2. The van der Waals surface area contributed by atoms with Gasteiger partial charge < -0.3 is 24.8 Å². The van der Waals surface area contributed by atoms with Gasteiger partial charge in [-0.2, -0.15) is 4.98 Å². The SMILES string of the molecule is O=C(O)c1ccc(-c2ccc(-c3nc4nc(OC5CC(C(=O)N6CC[C@H](O)C6)C5)[nH]c4cc3Cl)cc2)cc1. The normalized spacial score (nSPS) is 20.9. The van der Waals surface area contributed by atoms with Gasteiger partial charge in [0, 0.05) is 24.6 Å². The highest BCUT2D eigenvalue weighted by Gasteiger charge is 2.40. The minimum absolute atomic E-state index is 0.0769. The number of amides is 1. The molecular weight excluding hydrogens is 508 g/mol. The van der Waals surface area contributed by atoms with Crippen LogP contribution < -0.4 is 4.74 Å². The maximum absolute atomic E-state index is 12.6. The van der Waals surface area contributed by atoms with Crippen molar-refractivity contribution in [2.45, 2.75) is 31.5 Å². The zero-order valence-corrected chi connectivity index (χ0v) is 21.1. The van der Waals surface area contributed by atoms with Gasteiger partial charge in [-0.1, -0.05) is 48.0 Å². The number of carbonyl (C=O) groups excluding carboxylic acids is 1. The van der Waals surface area contributed by atoms with Crippen LogP contribution in [-0.4, -0.2) is 67.2 Å². The molecule has 1 aliphatic carbocycles. The molecule has 2 fully saturated rings. The van der Waals surface area contributed by atoms with E-state index in [1.807, 2.05) is 24.3 Å². The molecule has 10 heteroatoms. The number of nitrogens with zero attached hydrogens (tertiary/aromatic N) is 3. The molecule has 194 valence electrons. The summed E-state index contributed by atoms with van der Waals surface area (Å²) in [7, 11) is 0. The van der Waals surface area contributed by atoms with Crippen molar-refractivity contribution < 1.29 is 24.5 Å². The summed E-state index contributed by atoms with van der Waals surface area (Å²) in [6.07, 6.45) is 1.35. The third kappa shape index (κ3) is 4.70. The van der Waals surface area contributed by atoms with Crippen molar-refractivity contribution in [3.8, 4) is 28.4 Å². The number of H-pyrrole nitrogens is 1. The number of carboxylic acids is 1. The van der Waals surface area contributed by atoms with Gasteiger partial charge in [0.05, 0.1) is 27.9 Å². The second-order valence-corrected chi connectivity index (χ2v) is 10.2. The predicted molar refractivity (Wildman–Crippen MR) is 141 cm³/mol. The number of aliphatic hydroxyl groups is 1. The first kappa shape index (κ1) is 24.4. The van der Waals surface area contributed by atoms with Gasteiger partial charge in [-0.25, -0.2) is 9.78 Å². The summed E-state index contributed by atoms with van der Waals surface area (Å²) < 4.78 is 5.97. The average Bonchev–Trinajstić information content (AvgIpc) is 3.50. The molecule has 0 unspecified atom stereocenters. The fraction of sp³-hybridized carbons (Fsp3) is 0.286. The van der Waals surface area contributed by atoms with Crippen LogP contribution >= 0.6 is 11.6 Å². The highest BCUT2D eigenvalue weighted by Crippen LogP contribution is 2.35. The lowest BCUT2D eigenvalue weighted by Crippen LogP contribution is -2.45. The lowest BCUT2D eigenvalue weighted by molar-refractivity contribution is -0.140. The van der Waals surface area contributed by atoms with E-state index in [0.29, 0.717) is 60.2 Å². The van der Waals surface area contributed by atoms with E-state index >= 15 is 0 Å². The molecule has 3 heterocycles. The smallest absolute Gasteiger partial charge is 0.335 e. The zero-order valence-electron chi connectivity index (χ0n) is 20.3. The minimum Gasteiger partial charge on any atom is -0.478 e. The molecule has 1 saturated carbocycles. The average molecular weight is 533 g/mol. The van der Waals surface area contributed by atoms with E-state index in [0.717, 1.165) is 16.7 Å². The van der Waals surface area contributed by atoms with Crippen LogP contribution in [0.15, 0.2) is 54.6 Å². The number of aromatic amines is 1. The Morgan fingerprint density at radius 1 is 1.00 bits per heavy atom. The van der Waals surface area contributed by atoms with E-state index in [4.69, 9.17) is 21.4 Å². The quantitative estimate of drug-likeness (QED) is 0.336. The number of rotatable bonds is 6. The number of aromatic carboxylic acids is 1. The van der Waals surface area contributed by atoms with Crippen molar-refractivity contribution >= 4 is 34.6 Å². The molecule has 0 radical (unpaired) electrons. The first-order valence-electron chi connectivity index (χ1n) is 12.5. The fourth-order valence-corrected chi connectivity index (χ4v) is 5.26. The largest absolute Gasteiger partial charge is 0.478 e. The van der Waals surface area contributed by atoms with Crippen LogP contribution in [0.3, 0.4) is 0 Å². The molecule has 6 rings (SSSR count). The fourth-order valence-electron chi connectivity index (χ4n) is 5.00. The number of pyridine rings is 1. The van der Waals surface area contributed by atoms with Crippen molar-refractivity contribution in [1.29, 1.82) is 0 Å². The van der Waals surface area contributed by atoms with Gasteiger partial charge in [0.2, 0.25) is 5.91 Å². The Morgan fingerprint density at radius 3 is 2.29 bits per heavy atom. The Labute approximate surface area is 223 Å². The number of benzene rings is 2. The van der Waals surface area contributed by atoms with Gasteiger partial charge in [-0.05, 0) is 48.6 Å². The van der Waals surface area contributed by atoms with E-state index in [9.17, 15) is 14.7 Å². The molecule has 1 aliphatic heterocycles. The Morgan fingerprint density at radius 2 is 1.66 bits per heavy atom. The Hall–Kier alpha value is -3.95.